The average molecular weight is 173 g/mol. The lowest BCUT2D eigenvalue weighted by atomic mass is 10.3. The van der Waals surface area contributed by atoms with E-state index in [0.717, 1.165) is 6.54 Å². The van der Waals surface area contributed by atoms with Crippen molar-refractivity contribution in [1.29, 1.82) is 0 Å². The molecule has 0 aromatic rings. The lowest BCUT2D eigenvalue weighted by Crippen LogP contribution is -2.37. The lowest BCUT2D eigenvalue weighted by molar-refractivity contribution is -0.118. The van der Waals surface area contributed by atoms with Gasteiger partial charge in [0.15, 0.2) is 0 Å². The van der Waals surface area contributed by atoms with E-state index in [-0.39, 0.29) is 5.91 Å². The Morgan fingerprint density at radius 1 is 1.42 bits per heavy atom. The van der Waals surface area contributed by atoms with Crippen molar-refractivity contribution in [3.8, 4) is 0 Å². The van der Waals surface area contributed by atoms with Gasteiger partial charge in [0.2, 0.25) is 5.91 Å². The normalized spacial score (nSPS) is 11.1. The molecule has 0 radical (unpaired) electrons. The third-order valence-electron chi connectivity index (χ3n) is 1.79. The fraction of sp³-hybridized carbons (Fsp3) is 0.875. The molecule has 0 unspecified atom stereocenters. The monoisotopic (exact) mass is 173 g/mol. The molecule has 0 fully saturated rings. The summed E-state index contributed by atoms with van der Waals surface area (Å²) in [6.07, 6.45) is 0.415. The number of primary amides is 1. The van der Waals surface area contributed by atoms with Gasteiger partial charge in [-0.15, -0.1) is 0 Å². The Morgan fingerprint density at radius 3 is 2.33 bits per heavy atom. The van der Waals surface area contributed by atoms with Gasteiger partial charge < -0.3 is 11.5 Å². The van der Waals surface area contributed by atoms with Crippen LogP contribution in [-0.2, 0) is 4.79 Å². The summed E-state index contributed by atoms with van der Waals surface area (Å²) in [4.78, 5) is 12.6. The maximum atomic E-state index is 10.5. The van der Waals surface area contributed by atoms with E-state index < -0.39 is 0 Å². The van der Waals surface area contributed by atoms with Gasteiger partial charge in [0.25, 0.3) is 0 Å². The van der Waals surface area contributed by atoms with Crippen LogP contribution in [0.4, 0.5) is 0 Å². The summed E-state index contributed by atoms with van der Waals surface area (Å²) in [6.45, 7) is 6.32. The molecule has 4 nitrogen and oxygen atoms in total. The van der Waals surface area contributed by atoms with Crippen molar-refractivity contribution in [3.63, 3.8) is 0 Å². The number of nitrogens with zero attached hydrogens (tertiary/aromatic N) is 1. The highest BCUT2D eigenvalue weighted by atomic mass is 16.1. The molecule has 0 aromatic carbocycles. The molecule has 4 N–H and O–H groups in total. The minimum atomic E-state index is -0.252. The summed E-state index contributed by atoms with van der Waals surface area (Å²) in [6, 6.07) is 0.424. The minimum absolute atomic E-state index is 0.252. The third kappa shape index (κ3) is 5.09. The smallest absolute Gasteiger partial charge is 0.218 e. The van der Waals surface area contributed by atoms with E-state index in [0.29, 0.717) is 25.6 Å². The molecule has 0 aliphatic heterocycles. The van der Waals surface area contributed by atoms with Gasteiger partial charge >= 0.3 is 0 Å². The van der Waals surface area contributed by atoms with Crippen molar-refractivity contribution in [3.05, 3.63) is 0 Å². The second-order valence-electron chi connectivity index (χ2n) is 3.13. The van der Waals surface area contributed by atoms with Crippen LogP contribution in [0.3, 0.4) is 0 Å². The number of rotatable bonds is 6. The fourth-order valence-corrected chi connectivity index (χ4v) is 1.05. The van der Waals surface area contributed by atoms with Gasteiger partial charge in [-0.05, 0) is 13.8 Å². The van der Waals surface area contributed by atoms with Crippen molar-refractivity contribution in [2.24, 2.45) is 11.5 Å². The highest BCUT2D eigenvalue weighted by Crippen LogP contribution is 1.97. The van der Waals surface area contributed by atoms with Gasteiger partial charge in [-0.3, -0.25) is 9.69 Å². The predicted octanol–water partition coefficient (Wildman–Crippen LogP) is -0.469. The first-order valence-corrected chi connectivity index (χ1v) is 4.30. The molecule has 1 amide bonds. The van der Waals surface area contributed by atoms with Crippen LogP contribution in [0.15, 0.2) is 0 Å². The van der Waals surface area contributed by atoms with Crippen LogP contribution in [0.5, 0.6) is 0 Å². The van der Waals surface area contributed by atoms with Crippen molar-refractivity contribution in [2.75, 3.05) is 19.6 Å². The first kappa shape index (κ1) is 11.4. The second kappa shape index (κ2) is 5.97. The van der Waals surface area contributed by atoms with Crippen molar-refractivity contribution in [2.45, 2.75) is 26.3 Å². The molecule has 0 atom stereocenters. The molecule has 0 saturated heterocycles. The Kier molecular flexibility index (Phi) is 5.66. The zero-order valence-corrected chi connectivity index (χ0v) is 7.92. The van der Waals surface area contributed by atoms with Gasteiger partial charge in [0, 0.05) is 32.1 Å². The van der Waals surface area contributed by atoms with E-state index in [2.05, 4.69) is 18.7 Å². The second-order valence-corrected chi connectivity index (χ2v) is 3.13. The third-order valence-corrected chi connectivity index (χ3v) is 1.79. The van der Waals surface area contributed by atoms with Crippen LogP contribution in [-0.4, -0.2) is 36.5 Å². The van der Waals surface area contributed by atoms with E-state index >= 15 is 0 Å². The summed E-state index contributed by atoms with van der Waals surface area (Å²) in [7, 11) is 0. The Labute approximate surface area is 73.9 Å². The summed E-state index contributed by atoms with van der Waals surface area (Å²) < 4.78 is 0. The topological polar surface area (TPSA) is 72.3 Å². The number of nitrogens with two attached hydrogens (primary N) is 2. The van der Waals surface area contributed by atoms with E-state index in [4.69, 9.17) is 11.5 Å². The molecule has 0 rings (SSSR count). The maximum Gasteiger partial charge on any atom is 0.218 e. The summed E-state index contributed by atoms with van der Waals surface area (Å²) in [5, 5.41) is 0. The van der Waals surface area contributed by atoms with Crippen LogP contribution in [0.25, 0.3) is 0 Å². The molecule has 0 saturated carbocycles. The molecule has 0 bridgehead atoms. The van der Waals surface area contributed by atoms with Crippen LogP contribution >= 0.6 is 0 Å². The number of hydrogen-bond donors (Lipinski definition) is 2. The Morgan fingerprint density at radius 2 is 2.00 bits per heavy atom. The van der Waals surface area contributed by atoms with E-state index in [1.807, 2.05) is 0 Å². The van der Waals surface area contributed by atoms with Crippen LogP contribution in [0.2, 0.25) is 0 Å². The summed E-state index contributed by atoms with van der Waals surface area (Å²) in [5.74, 6) is -0.252. The molecule has 0 aliphatic carbocycles. The maximum absolute atomic E-state index is 10.5. The molecule has 0 spiro atoms. The number of amides is 1. The molecule has 0 heterocycles. The Hall–Kier alpha value is -0.610. The molecular weight excluding hydrogens is 154 g/mol. The molecule has 0 aromatic heterocycles. The quantitative estimate of drug-likeness (QED) is 0.570. The first-order chi connectivity index (χ1) is 5.57. The molecule has 72 valence electrons. The van der Waals surface area contributed by atoms with Crippen molar-refractivity contribution >= 4 is 5.91 Å². The SMILES string of the molecule is CC(C)N(CCN)CCC(N)=O. The Balaban J connectivity index is 3.70. The molecular formula is C8H19N3O. The number of carbonyl (C=O) groups is 1. The molecule has 4 heteroatoms. The van der Waals surface area contributed by atoms with Gasteiger partial charge in [-0.25, -0.2) is 0 Å². The lowest BCUT2D eigenvalue weighted by Gasteiger charge is -2.24. The zero-order chi connectivity index (χ0) is 9.56. The van der Waals surface area contributed by atoms with E-state index in [1.54, 1.807) is 0 Å². The first-order valence-electron chi connectivity index (χ1n) is 4.30. The van der Waals surface area contributed by atoms with Crippen molar-refractivity contribution < 1.29 is 4.79 Å². The Bertz CT molecular complexity index is 136. The minimum Gasteiger partial charge on any atom is -0.370 e. The number of carbonyl (C=O) groups excluding carboxylic acids is 1. The van der Waals surface area contributed by atoms with Gasteiger partial charge in [-0.2, -0.15) is 0 Å². The van der Waals surface area contributed by atoms with Crippen molar-refractivity contribution in [1.82, 2.24) is 4.90 Å². The standard InChI is InChI=1S/C8H19N3O/c1-7(2)11(6-4-9)5-3-8(10)12/h7H,3-6,9H2,1-2H3,(H2,10,12). The molecule has 12 heavy (non-hydrogen) atoms. The summed E-state index contributed by atoms with van der Waals surface area (Å²) in [5.41, 5.74) is 10.5. The highest BCUT2D eigenvalue weighted by molar-refractivity contribution is 5.73. The van der Waals surface area contributed by atoms with Gasteiger partial charge in [-0.1, -0.05) is 0 Å². The molecule has 0 aliphatic rings. The predicted molar refractivity (Wildman–Crippen MR) is 49.6 cm³/mol. The van der Waals surface area contributed by atoms with E-state index in [1.165, 1.54) is 0 Å². The summed E-state index contributed by atoms with van der Waals surface area (Å²) >= 11 is 0. The van der Waals surface area contributed by atoms with Gasteiger partial charge in [0.1, 0.15) is 0 Å². The van der Waals surface area contributed by atoms with Crippen LogP contribution in [0.1, 0.15) is 20.3 Å². The van der Waals surface area contributed by atoms with Gasteiger partial charge in [0.05, 0.1) is 0 Å². The van der Waals surface area contributed by atoms with Crippen LogP contribution < -0.4 is 11.5 Å². The van der Waals surface area contributed by atoms with E-state index in [9.17, 15) is 4.79 Å². The number of hydrogen-bond acceptors (Lipinski definition) is 3. The fourth-order valence-electron chi connectivity index (χ4n) is 1.05. The average Bonchev–Trinajstić information content (AvgIpc) is 1.96. The highest BCUT2D eigenvalue weighted by Gasteiger charge is 2.08. The largest absolute Gasteiger partial charge is 0.370 e. The van der Waals surface area contributed by atoms with Crippen LogP contribution in [0, 0.1) is 0 Å². The zero-order valence-electron chi connectivity index (χ0n) is 7.92.